The van der Waals surface area contributed by atoms with Gasteiger partial charge in [0.2, 0.25) is 0 Å². The molecule has 1 aliphatic rings. The molecule has 0 spiro atoms. The maximum atomic E-state index is 13.1. The molecule has 10 heteroatoms. The second kappa shape index (κ2) is 5.86. The molecular formula is C18H17N5O4S. The van der Waals surface area contributed by atoms with Gasteiger partial charge in [-0.1, -0.05) is 0 Å². The van der Waals surface area contributed by atoms with E-state index >= 15 is 0 Å². The van der Waals surface area contributed by atoms with E-state index in [1.165, 1.54) is 10.9 Å². The average Bonchev–Trinajstić information content (AvgIpc) is 3.06. The Balaban J connectivity index is 1.90. The van der Waals surface area contributed by atoms with Gasteiger partial charge < -0.3 is 15.7 Å². The average molecular weight is 399 g/mol. The lowest BCUT2D eigenvalue weighted by molar-refractivity contribution is 0.0701. The molecule has 0 radical (unpaired) electrons. The fourth-order valence-corrected chi connectivity index (χ4v) is 4.53. The van der Waals surface area contributed by atoms with E-state index in [0.29, 0.717) is 32.9 Å². The topological polar surface area (TPSA) is 126 Å². The molecule has 0 aliphatic carbocycles. The van der Waals surface area contributed by atoms with Crippen molar-refractivity contribution in [3.05, 3.63) is 44.4 Å². The number of hydrogen-bond acceptors (Lipinski definition) is 7. The van der Waals surface area contributed by atoms with Crippen LogP contribution in [0.5, 0.6) is 0 Å². The molecule has 9 nitrogen and oxygen atoms in total. The van der Waals surface area contributed by atoms with Crippen LogP contribution in [-0.4, -0.2) is 31.5 Å². The van der Waals surface area contributed by atoms with Crippen LogP contribution in [0.25, 0.3) is 10.2 Å². The second-order valence-corrected chi connectivity index (χ2v) is 8.13. The number of carboxylic acid groups (broad SMARTS) is 1. The Hall–Kier alpha value is -3.27. The number of aromatic nitrogens is 3. The minimum atomic E-state index is -1.04. The van der Waals surface area contributed by atoms with E-state index in [1.807, 2.05) is 0 Å². The quantitative estimate of drug-likeness (QED) is 0.617. The molecule has 0 fully saturated rings. The zero-order valence-corrected chi connectivity index (χ0v) is 16.4. The predicted molar refractivity (Wildman–Crippen MR) is 105 cm³/mol. The van der Waals surface area contributed by atoms with Gasteiger partial charge in [0.15, 0.2) is 0 Å². The standard InChI is InChI=1S/C18H17N5O4S/c1-7-5-9(16(25)23-11(7)14(24)22-18(23,3)4)21-13-10-8(2)12(17(26)27)28-15(10)20-6-19-13/h5-6H,1-4H3,(H,22,24)(H,26,27)(H,19,20,21). The van der Waals surface area contributed by atoms with E-state index in [1.54, 1.807) is 33.8 Å². The van der Waals surface area contributed by atoms with E-state index in [9.17, 15) is 19.5 Å². The van der Waals surface area contributed by atoms with Crippen LogP contribution < -0.4 is 16.2 Å². The highest BCUT2D eigenvalue weighted by molar-refractivity contribution is 7.20. The Kier molecular flexibility index (Phi) is 3.79. The van der Waals surface area contributed by atoms with Crippen molar-refractivity contribution in [2.24, 2.45) is 0 Å². The summed E-state index contributed by atoms with van der Waals surface area (Å²) in [5.74, 6) is -0.986. The lowest BCUT2D eigenvalue weighted by Gasteiger charge is -2.22. The molecule has 0 unspecified atom stereocenters. The fraction of sp³-hybridized carbons (Fsp3) is 0.278. The highest BCUT2D eigenvalue weighted by Crippen LogP contribution is 2.34. The smallest absolute Gasteiger partial charge is 0.346 e. The van der Waals surface area contributed by atoms with Crippen molar-refractivity contribution in [1.82, 2.24) is 19.9 Å². The number of thiophene rings is 1. The number of aromatic carboxylic acids is 1. The first-order chi connectivity index (χ1) is 13.1. The number of fused-ring (bicyclic) bond motifs is 2. The minimum absolute atomic E-state index is 0.177. The van der Waals surface area contributed by atoms with E-state index < -0.39 is 11.6 Å². The molecule has 3 aromatic rings. The third-order valence-corrected chi connectivity index (χ3v) is 5.95. The Morgan fingerprint density at radius 2 is 2.00 bits per heavy atom. The molecule has 0 saturated heterocycles. The minimum Gasteiger partial charge on any atom is -0.477 e. The van der Waals surface area contributed by atoms with Gasteiger partial charge in [0.1, 0.15) is 38.9 Å². The first-order valence-corrected chi connectivity index (χ1v) is 9.27. The molecule has 4 heterocycles. The van der Waals surface area contributed by atoms with E-state index in [-0.39, 0.29) is 22.0 Å². The summed E-state index contributed by atoms with van der Waals surface area (Å²) in [6.45, 7) is 6.93. The van der Waals surface area contributed by atoms with Crippen LogP contribution in [0.2, 0.25) is 0 Å². The number of nitrogens with one attached hydrogen (secondary N) is 2. The number of carboxylic acids is 1. The summed E-state index contributed by atoms with van der Waals surface area (Å²) in [7, 11) is 0. The van der Waals surface area contributed by atoms with Gasteiger partial charge in [-0.2, -0.15) is 0 Å². The van der Waals surface area contributed by atoms with Crippen molar-refractivity contribution in [2.75, 3.05) is 5.32 Å². The summed E-state index contributed by atoms with van der Waals surface area (Å²) in [5.41, 5.74) is 0.514. The van der Waals surface area contributed by atoms with Gasteiger partial charge in [0.05, 0.1) is 5.39 Å². The molecule has 144 valence electrons. The monoisotopic (exact) mass is 399 g/mol. The molecule has 0 atom stereocenters. The lowest BCUT2D eigenvalue weighted by atomic mass is 10.1. The molecule has 3 aromatic heterocycles. The molecule has 4 rings (SSSR count). The van der Waals surface area contributed by atoms with Crippen LogP contribution in [0.15, 0.2) is 17.2 Å². The maximum Gasteiger partial charge on any atom is 0.346 e. The van der Waals surface area contributed by atoms with Gasteiger partial charge in [-0.15, -0.1) is 11.3 Å². The summed E-state index contributed by atoms with van der Waals surface area (Å²) >= 11 is 1.06. The van der Waals surface area contributed by atoms with Gasteiger partial charge in [0, 0.05) is 0 Å². The number of hydrogen-bond donors (Lipinski definition) is 3. The molecule has 1 amide bonds. The Bertz CT molecular complexity index is 1240. The van der Waals surface area contributed by atoms with Gasteiger partial charge in [-0.05, 0) is 44.9 Å². The zero-order valence-electron chi connectivity index (χ0n) is 15.6. The van der Waals surface area contributed by atoms with Crippen molar-refractivity contribution in [1.29, 1.82) is 0 Å². The zero-order chi connectivity index (χ0) is 20.4. The van der Waals surface area contributed by atoms with Crippen LogP contribution in [0.4, 0.5) is 11.5 Å². The normalized spacial score (nSPS) is 14.8. The Labute approximate surface area is 163 Å². The number of carbonyl (C=O) groups excluding carboxylic acids is 1. The molecule has 1 aliphatic heterocycles. The highest BCUT2D eigenvalue weighted by atomic mass is 32.1. The van der Waals surface area contributed by atoms with Gasteiger partial charge in [0.25, 0.3) is 11.5 Å². The van der Waals surface area contributed by atoms with Crippen molar-refractivity contribution in [3.63, 3.8) is 0 Å². The summed E-state index contributed by atoms with van der Waals surface area (Å²) < 4.78 is 1.43. The Morgan fingerprint density at radius 1 is 1.29 bits per heavy atom. The van der Waals surface area contributed by atoms with Crippen LogP contribution in [0, 0.1) is 13.8 Å². The number of amides is 1. The number of aryl methyl sites for hydroxylation is 2. The van der Waals surface area contributed by atoms with Crippen molar-refractivity contribution >= 4 is 44.9 Å². The first-order valence-electron chi connectivity index (χ1n) is 8.46. The number of carbonyl (C=O) groups is 2. The predicted octanol–water partition coefficient (Wildman–Crippen LogP) is 2.35. The van der Waals surface area contributed by atoms with Crippen LogP contribution in [0.3, 0.4) is 0 Å². The summed E-state index contributed by atoms with van der Waals surface area (Å²) in [6.07, 6.45) is 1.32. The van der Waals surface area contributed by atoms with Crippen molar-refractivity contribution in [2.45, 2.75) is 33.4 Å². The molecule has 3 N–H and O–H groups in total. The van der Waals surface area contributed by atoms with Crippen LogP contribution in [0.1, 0.15) is 45.1 Å². The number of rotatable bonds is 3. The first kappa shape index (κ1) is 18.1. The molecule has 28 heavy (non-hydrogen) atoms. The summed E-state index contributed by atoms with van der Waals surface area (Å²) in [5, 5.41) is 15.7. The summed E-state index contributed by atoms with van der Waals surface area (Å²) in [6, 6.07) is 1.60. The number of pyridine rings is 1. The molecular weight excluding hydrogens is 382 g/mol. The van der Waals surface area contributed by atoms with Crippen LogP contribution in [-0.2, 0) is 5.66 Å². The second-order valence-electron chi connectivity index (χ2n) is 7.13. The van der Waals surface area contributed by atoms with Gasteiger partial charge >= 0.3 is 5.97 Å². The SMILES string of the molecule is Cc1cc(Nc2ncnc3sc(C(=O)O)c(C)c23)c(=O)n2c1C(=O)NC2(C)C. The van der Waals surface area contributed by atoms with Crippen LogP contribution >= 0.6 is 11.3 Å². The lowest BCUT2D eigenvalue weighted by Crippen LogP contribution is -2.42. The maximum absolute atomic E-state index is 13.1. The van der Waals surface area contributed by atoms with E-state index in [4.69, 9.17) is 0 Å². The summed E-state index contributed by atoms with van der Waals surface area (Å²) in [4.78, 5) is 45.8. The third-order valence-electron chi connectivity index (χ3n) is 4.76. The van der Waals surface area contributed by atoms with Crippen molar-refractivity contribution < 1.29 is 14.7 Å². The van der Waals surface area contributed by atoms with E-state index in [0.717, 1.165) is 11.3 Å². The Morgan fingerprint density at radius 3 is 2.68 bits per heavy atom. The van der Waals surface area contributed by atoms with Crippen molar-refractivity contribution in [3.8, 4) is 0 Å². The van der Waals surface area contributed by atoms with Gasteiger partial charge in [-0.3, -0.25) is 14.2 Å². The number of nitrogens with zero attached hydrogens (tertiary/aromatic N) is 3. The third kappa shape index (κ3) is 2.48. The highest BCUT2D eigenvalue weighted by Gasteiger charge is 2.37. The number of anilines is 2. The van der Waals surface area contributed by atoms with Gasteiger partial charge in [-0.25, -0.2) is 14.8 Å². The molecule has 0 saturated carbocycles. The largest absolute Gasteiger partial charge is 0.477 e. The fourth-order valence-electron chi connectivity index (χ4n) is 3.54. The molecule has 0 aromatic carbocycles. The van der Waals surface area contributed by atoms with E-state index in [2.05, 4.69) is 20.6 Å². The molecule has 0 bridgehead atoms.